The molecular weight excluding hydrogens is 282 g/mol. The number of ether oxygens (including phenoxy) is 1. The highest BCUT2D eigenvalue weighted by molar-refractivity contribution is 7.98. The van der Waals surface area contributed by atoms with Crippen molar-refractivity contribution in [3.8, 4) is 5.75 Å². The van der Waals surface area contributed by atoms with Crippen molar-refractivity contribution in [2.75, 3.05) is 12.5 Å². The fourth-order valence-electron chi connectivity index (χ4n) is 1.49. The van der Waals surface area contributed by atoms with Crippen molar-refractivity contribution >= 4 is 29.2 Å². The summed E-state index contributed by atoms with van der Waals surface area (Å²) in [6.07, 6.45) is 0. The summed E-state index contributed by atoms with van der Waals surface area (Å²) in [7, 11) is 1.65. The maximum atomic E-state index is 6.10. The van der Waals surface area contributed by atoms with E-state index < -0.39 is 0 Å². The lowest BCUT2D eigenvalue weighted by Crippen LogP contribution is -2.09. The first kappa shape index (κ1) is 14.0. The average molecular weight is 296 g/mol. The second-order valence-corrected chi connectivity index (χ2v) is 5.19. The van der Waals surface area contributed by atoms with Crippen LogP contribution in [0.4, 0.5) is 5.82 Å². The van der Waals surface area contributed by atoms with Gasteiger partial charge in [-0.1, -0.05) is 11.6 Å². The highest BCUT2D eigenvalue weighted by Crippen LogP contribution is 2.27. The van der Waals surface area contributed by atoms with Gasteiger partial charge in [0.25, 0.3) is 0 Å². The van der Waals surface area contributed by atoms with Gasteiger partial charge < -0.3 is 10.2 Å². The summed E-state index contributed by atoms with van der Waals surface area (Å²) >= 11 is 7.76. The summed E-state index contributed by atoms with van der Waals surface area (Å²) < 4.78 is 5.12. The van der Waals surface area contributed by atoms with E-state index in [1.165, 1.54) is 0 Å². The molecule has 0 atom stereocenters. The Morgan fingerprint density at radius 2 is 2.00 bits per heavy atom. The molecule has 0 saturated carbocycles. The van der Waals surface area contributed by atoms with Crippen LogP contribution in [0.15, 0.2) is 41.3 Å². The molecule has 19 heavy (non-hydrogen) atoms. The number of hydrogen-bond acceptors (Lipinski definition) is 5. The van der Waals surface area contributed by atoms with Crippen LogP contribution >= 0.6 is 23.4 Å². The number of benzene rings is 1. The van der Waals surface area contributed by atoms with Crippen molar-refractivity contribution in [2.45, 2.75) is 10.6 Å². The topological polar surface area (TPSA) is 60.2 Å². The summed E-state index contributed by atoms with van der Waals surface area (Å²) in [5.41, 5.74) is 3.32. The van der Waals surface area contributed by atoms with Gasteiger partial charge in [-0.3, -0.25) is 0 Å². The molecule has 2 aromatic rings. The average Bonchev–Trinajstić information content (AvgIpc) is 2.47. The number of hydrogen-bond donors (Lipinski definition) is 2. The molecule has 0 amide bonds. The number of pyridine rings is 1. The van der Waals surface area contributed by atoms with Crippen molar-refractivity contribution in [1.82, 2.24) is 4.98 Å². The Morgan fingerprint density at radius 3 is 2.63 bits per heavy atom. The molecule has 0 unspecified atom stereocenters. The van der Waals surface area contributed by atoms with Gasteiger partial charge in [-0.25, -0.2) is 10.8 Å². The predicted octanol–water partition coefficient (Wildman–Crippen LogP) is 3.32. The second-order valence-electron chi connectivity index (χ2n) is 3.73. The van der Waals surface area contributed by atoms with Crippen LogP contribution in [-0.2, 0) is 5.75 Å². The third-order valence-electron chi connectivity index (χ3n) is 2.50. The van der Waals surface area contributed by atoms with Crippen molar-refractivity contribution in [3.63, 3.8) is 0 Å². The highest BCUT2D eigenvalue weighted by atomic mass is 35.5. The molecular formula is C13H14ClN3OS. The zero-order valence-electron chi connectivity index (χ0n) is 10.4. The normalized spacial score (nSPS) is 10.3. The van der Waals surface area contributed by atoms with Gasteiger partial charge in [-0.05, 0) is 36.4 Å². The van der Waals surface area contributed by atoms with Gasteiger partial charge in [0.1, 0.15) is 11.6 Å². The number of aromatic nitrogens is 1. The van der Waals surface area contributed by atoms with Gasteiger partial charge in [-0.15, -0.1) is 11.8 Å². The lowest BCUT2D eigenvalue weighted by Gasteiger charge is -2.07. The minimum Gasteiger partial charge on any atom is -0.497 e. The number of nitrogen functional groups attached to an aromatic ring is 1. The molecule has 0 aliphatic heterocycles. The van der Waals surface area contributed by atoms with Crippen LogP contribution in [0.1, 0.15) is 5.69 Å². The third-order valence-corrected chi connectivity index (χ3v) is 3.87. The first-order valence-electron chi connectivity index (χ1n) is 5.62. The van der Waals surface area contributed by atoms with Gasteiger partial charge in [0, 0.05) is 10.6 Å². The zero-order valence-corrected chi connectivity index (χ0v) is 12.0. The Hall–Kier alpha value is -1.43. The monoisotopic (exact) mass is 295 g/mol. The second kappa shape index (κ2) is 6.65. The Labute approximate surface area is 121 Å². The quantitative estimate of drug-likeness (QED) is 0.503. The number of methoxy groups -OCH3 is 1. The molecule has 6 heteroatoms. The van der Waals surface area contributed by atoms with E-state index in [0.29, 0.717) is 16.6 Å². The Kier molecular flexibility index (Phi) is 4.90. The summed E-state index contributed by atoms with van der Waals surface area (Å²) in [6.45, 7) is 0. The number of nitrogens with zero attached hydrogens (tertiary/aromatic N) is 1. The summed E-state index contributed by atoms with van der Waals surface area (Å²) in [6, 6.07) is 11.4. The Balaban J connectivity index is 2.05. The maximum absolute atomic E-state index is 6.10. The molecule has 0 saturated heterocycles. The van der Waals surface area contributed by atoms with E-state index in [1.807, 2.05) is 24.3 Å². The first-order valence-corrected chi connectivity index (χ1v) is 6.98. The highest BCUT2D eigenvalue weighted by Gasteiger charge is 2.05. The first-order chi connectivity index (χ1) is 9.22. The molecule has 4 nitrogen and oxygen atoms in total. The van der Waals surface area contributed by atoms with Crippen molar-refractivity contribution in [2.24, 2.45) is 5.84 Å². The fraction of sp³-hybridized carbons (Fsp3) is 0.154. The molecule has 0 aliphatic carbocycles. The van der Waals surface area contributed by atoms with E-state index in [0.717, 1.165) is 16.3 Å². The van der Waals surface area contributed by atoms with E-state index in [4.69, 9.17) is 22.2 Å². The standard InChI is InChI=1S/C13H14ClN3OS/c1-18-9-2-4-10(5-3-9)19-8-12-11(14)6-7-13(16-12)17-15/h2-7H,8,15H2,1H3,(H,16,17). The van der Waals surface area contributed by atoms with Crippen LogP contribution in [0.25, 0.3) is 0 Å². The van der Waals surface area contributed by atoms with Crippen molar-refractivity contribution in [1.29, 1.82) is 0 Å². The van der Waals surface area contributed by atoms with E-state index >= 15 is 0 Å². The zero-order chi connectivity index (χ0) is 13.7. The van der Waals surface area contributed by atoms with E-state index in [2.05, 4.69) is 10.4 Å². The minimum absolute atomic E-state index is 0.606. The summed E-state index contributed by atoms with van der Waals surface area (Å²) in [5.74, 6) is 7.46. The maximum Gasteiger partial charge on any atom is 0.140 e. The number of rotatable bonds is 5. The van der Waals surface area contributed by atoms with Gasteiger partial charge >= 0.3 is 0 Å². The van der Waals surface area contributed by atoms with Gasteiger partial charge in [0.15, 0.2) is 0 Å². The molecule has 1 aromatic heterocycles. The lowest BCUT2D eigenvalue weighted by atomic mass is 10.3. The van der Waals surface area contributed by atoms with Crippen molar-refractivity contribution < 1.29 is 4.74 Å². The largest absolute Gasteiger partial charge is 0.497 e. The Bertz CT molecular complexity index is 548. The molecule has 2 rings (SSSR count). The van der Waals surface area contributed by atoms with Crippen LogP contribution in [-0.4, -0.2) is 12.1 Å². The predicted molar refractivity (Wildman–Crippen MR) is 79.6 cm³/mol. The summed E-state index contributed by atoms with van der Waals surface area (Å²) in [5, 5.41) is 0.639. The van der Waals surface area contributed by atoms with Crippen LogP contribution in [0.3, 0.4) is 0 Å². The summed E-state index contributed by atoms with van der Waals surface area (Å²) in [4.78, 5) is 5.46. The van der Waals surface area contributed by atoms with Gasteiger partial charge in [0.2, 0.25) is 0 Å². The van der Waals surface area contributed by atoms with E-state index in [-0.39, 0.29) is 0 Å². The number of nitrogens with one attached hydrogen (secondary N) is 1. The van der Waals surface area contributed by atoms with Gasteiger partial charge in [-0.2, -0.15) is 0 Å². The lowest BCUT2D eigenvalue weighted by molar-refractivity contribution is 0.414. The van der Waals surface area contributed by atoms with Gasteiger partial charge in [0.05, 0.1) is 17.8 Å². The number of anilines is 1. The molecule has 1 aromatic carbocycles. The van der Waals surface area contributed by atoms with Crippen LogP contribution in [0.2, 0.25) is 5.02 Å². The Morgan fingerprint density at radius 1 is 1.26 bits per heavy atom. The fourth-order valence-corrected chi connectivity index (χ4v) is 2.59. The molecule has 0 aliphatic rings. The molecule has 0 fully saturated rings. The third kappa shape index (κ3) is 3.76. The molecule has 0 spiro atoms. The van der Waals surface area contributed by atoms with Crippen LogP contribution in [0, 0.1) is 0 Å². The molecule has 3 N–H and O–H groups in total. The van der Waals surface area contributed by atoms with Crippen molar-refractivity contribution in [3.05, 3.63) is 47.1 Å². The van der Waals surface area contributed by atoms with E-state index in [9.17, 15) is 0 Å². The van der Waals surface area contributed by atoms with Crippen LogP contribution < -0.4 is 16.0 Å². The number of halogens is 1. The molecule has 0 bridgehead atoms. The number of thioether (sulfide) groups is 1. The molecule has 100 valence electrons. The molecule has 0 radical (unpaired) electrons. The number of nitrogens with two attached hydrogens (primary N) is 1. The molecule has 1 heterocycles. The number of hydrazine groups is 1. The van der Waals surface area contributed by atoms with E-state index in [1.54, 1.807) is 31.0 Å². The minimum atomic E-state index is 0.606. The smallest absolute Gasteiger partial charge is 0.140 e. The van der Waals surface area contributed by atoms with Crippen LogP contribution in [0.5, 0.6) is 5.75 Å². The SMILES string of the molecule is COc1ccc(SCc2nc(NN)ccc2Cl)cc1.